The van der Waals surface area contributed by atoms with Gasteiger partial charge >= 0.3 is 5.97 Å². The number of hydrogen-bond donors (Lipinski definition) is 2. The number of rotatable bonds is 5. The Morgan fingerprint density at radius 2 is 1.21 bits per heavy atom. The van der Waals surface area contributed by atoms with E-state index in [9.17, 15) is 15.0 Å². The third kappa shape index (κ3) is 3.95. The van der Waals surface area contributed by atoms with Crippen LogP contribution < -0.4 is 0 Å². The summed E-state index contributed by atoms with van der Waals surface area (Å²) in [6.45, 7) is 2.05. The lowest BCUT2D eigenvalue weighted by Gasteiger charge is -2.22. The molecule has 5 rings (SSSR count). The van der Waals surface area contributed by atoms with E-state index in [4.69, 9.17) is 4.74 Å². The molecule has 0 aromatic heterocycles. The normalized spacial score (nSPS) is 11.2. The zero-order chi connectivity index (χ0) is 23.7. The molecule has 0 aliphatic heterocycles. The quantitative estimate of drug-likeness (QED) is 0.230. The van der Waals surface area contributed by atoms with Crippen LogP contribution in [0.4, 0.5) is 0 Å². The molecule has 168 valence electrons. The molecule has 0 amide bonds. The van der Waals surface area contributed by atoms with E-state index in [1.807, 2.05) is 66.7 Å². The molecule has 4 nitrogen and oxygen atoms in total. The Kier molecular flexibility index (Phi) is 5.64. The summed E-state index contributed by atoms with van der Waals surface area (Å²) in [5.74, 6) is -0.673. The molecule has 34 heavy (non-hydrogen) atoms. The van der Waals surface area contributed by atoms with E-state index in [1.54, 1.807) is 37.3 Å². The molecule has 0 heterocycles. The number of benzene rings is 5. The number of hydrogen-bond acceptors (Lipinski definition) is 4. The lowest BCUT2D eigenvalue weighted by atomic mass is 9.82. The smallest absolute Gasteiger partial charge is 0.338 e. The van der Waals surface area contributed by atoms with Crippen molar-refractivity contribution < 1.29 is 19.7 Å². The summed E-state index contributed by atoms with van der Waals surface area (Å²) in [4.78, 5) is 12.5. The monoisotopic (exact) mass is 448 g/mol. The minimum Gasteiger partial charge on any atom is -0.508 e. The molecule has 2 N–H and O–H groups in total. The van der Waals surface area contributed by atoms with Gasteiger partial charge in [-0.15, -0.1) is 0 Å². The van der Waals surface area contributed by atoms with E-state index in [-0.39, 0.29) is 18.1 Å². The number of esters is 1. The molecular weight excluding hydrogens is 424 g/mol. The van der Waals surface area contributed by atoms with Crippen molar-refractivity contribution in [3.8, 4) is 11.5 Å². The Bertz CT molecular complexity index is 1430. The van der Waals surface area contributed by atoms with Gasteiger partial charge in [0.1, 0.15) is 11.5 Å². The zero-order valence-corrected chi connectivity index (χ0v) is 18.7. The number of fused-ring (bicyclic) bond motifs is 2. The van der Waals surface area contributed by atoms with Crippen LogP contribution in [0.15, 0.2) is 97.1 Å². The van der Waals surface area contributed by atoms with Gasteiger partial charge in [-0.2, -0.15) is 0 Å². The Labute approximate surface area is 197 Å². The zero-order valence-electron chi connectivity index (χ0n) is 18.7. The van der Waals surface area contributed by atoms with Crippen molar-refractivity contribution in [2.45, 2.75) is 12.8 Å². The maximum Gasteiger partial charge on any atom is 0.338 e. The summed E-state index contributed by atoms with van der Waals surface area (Å²) in [7, 11) is 0. The summed E-state index contributed by atoms with van der Waals surface area (Å²) < 4.78 is 5.20. The van der Waals surface area contributed by atoms with Crippen LogP contribution in [0.2, 0.25) is 0 Å². The number of carbonyl (C=O) groups is 1. The topological polar surface area (TPSA) is 66.8 Å². The number of phenols is 2. The predicted molar refractivity (Wildman–Crippen MR) is 135 cm³/mol. The van der Waals surface area contributed by atoms with Crippen molar-refractivity contribution in [3.63, 3.8) is 0 Å². The van der Waals surface area contributed by atoms with Gasteiger partial charge < -0.3 is 14.9 Å². The average molecular weight is 449 g/mol. The van der Waals surface area contributed by atoms with Crippen LogP contribution in [0.5, 0.6) is 11.5 Å². The highest BCUT2D eigenvalue weighted by Crippen LogP contribution is 2.43. The maximum absolute atomic E-state index is 12.5. The van der Waals surface area contributed by atoms with Gasteiger partial charge in [0.05, 0.1) is 12.2 Å². The molecule has 0 aliphatic rings. The number of aromatic hydroxyl groups is 2. The molecule has 0 saturated carbocycles. The van der Waals surface area contributed by atoms with Crippen molar-refractivity contribution in [1.82, 2.24) is 0 Å². The molecule has 0 radical (unpaired) electrons. The second kappa shape index (κ2) is 8.91. The van der Waals surface area contributed by atoms with Crippen LogP contribution >= 0.6 is 0 Å². The SMILES string of the molecule is CCOC(=O)c1cccc(C(c2cc3ccccc3cc2O)c2cc3ccccc3cc2O)c1. The molecule has 0 fully saturated rings. The van der Waals surface area contributed by atoms with Gasteiger partial charge in [-0.05, 0) is 70.4 Å². The first-order valence-electron chi connectivity index (χ1n) is 11.3. The molecule has 0 bridgehead atoms. The van der Waals surface area contributed by atoms with Gasteiger partial charge in [-0.25, -0.2) is 4.79 Å². The van der Waals surface area contributed by atoms with Crippen LogP contribution in [0, 0.1) is 0 Å². The fraction of sp³-hybridized carbons (Fsp3) is 0.100. The Balaban J connectivity index is 1.77. The highest BCUT2D eigenvalue weighted by atomic mass is 16.5. The first-order valence-corrected chi connectivity index (χ1v) is 11.3. The lowest BCUT2D eigenvalue weighted by molar-refractivity contribution is 0.0526. The second-order valence-corrected chi connectivity index (χ2v) is 8.30. The Hall–Kier alpha value is -4.31. The molecule has 5 aromatic carbocycles. The molecule has 0 unspecified atom stereocenters. The predicted octanol–water partition coefficient (Wildman–Crippen LogP) is 6.76. The first kappa shape index (κ1) is 21.5. The summed E-state index contributed by atoms with van der Waals surface area (Å²) in [6, 6.07) is 30.2. The second-order valence-electron chi connectivity index (χ2n) is 8.30. The summed E-state index contributed by atoms with van der Waals surface area (Å²) >= 11 is 0. The third-order valence-corrected chi connectivity index (χ3v) is 6.14. The Morgan fingerprint density at radius 3 is 1.71 bits per heavy atom. The van der Waals surface area contributed by atoms with Crippen LogP contribution in [-0.2, 0) is 4.74 Å². The summed E-state index contributed by atoms with van der Waals surface area (Å²) in [5, 5.41) is 26.0. The number of phenolic OH excluding ortho intramolecular Hbond substituents is 2. The maximum atomic E-state index is 12.5. The van der Waals surface area contributed by atoms with Gasteiger partial charge in [-0.1, -0.05) is 60.7 Å². The van der Waals surface area contributed by atoms with Crippen molar-refractivity contribution in [2.75, 3.05) is 6.61 Å². The molecule has 0 saturated heterocycles. The molecular formula is C30H24O4. The highest BCUT2D eigenvalue weighted by Gasteiger charge is 2.25. The molecule has 5 aromatic rings. The van der Waals surface area contributed by atoms with E-state index >= 15 is 0 Å². The number of ether oxygens (including phenoxy) is 1. The molecule has 0 aliphatic carbocycles. The molecule has 0 spiro atoms. The highest BCUT2D eigenvalue weighted by molar-refractivity contribution is 5.90. The fourth-order valence-electron chi connectivity index (χ4n) is 4.54. The van der Waals surface area contributed by atoms with Crippen molar-refractivity contribution >= 4 is 27.5 Å². The standard InChI is InChI=1S/C30H24O4/c1-2-34-30(33)24-13-7-12-23(14-24)29(25-15-19-8-3-5-10-21(19)17-27(25)31)26-16-20-9-4-6-11-22(20)18-28(26)32/h3-18,29,31-32H,2H2,1H3. The van der Waals surface area contributed by atoms with Gasteiger partial charge in [0.25, 0.3) is 0 Å². The lowest BCUT2D eigenvalue weighted by Crippen LogP contribution is -2.08. The van der Waals surface area contributed by atoms with Gasteiger partial charge in [0.15, 0.2) is 0 Å². The van der Waals surface area contributed by atoms with E-state index in [0.717, 1.165) is 27.1 Å². The largest absolute Gasteiger partial charge is 0.508 e. The molecule has 4 heteroatoms. The van der Waals surface area contributed by atoms with E-state index in [2.05, 4.69) is 0 Å². The van der Waals surface area contributed by atoms with E-state index in [0.29, 0.717) is 16.7 Å². The van der Waals surface area contributed by atoms with Gasteiger partial charge in [-0.3, -0.25) is 0 Å². The average Bonchev–Trinajstić information content (AvgIpc) is 2.85. The van der Waals surface area contributed by atoms with E-state index < -0.39 is 11.9 Å². The fourth-order valence-corrected chi connectivity index (χ4v) is 4.54. The number of carbonyl (C=O) groups excluding carboxylic acids is 1. The van der Waals surface area contributed by atoms with Crippen LogP contribution in [0.1, 0.15) is 39.9 Å². The van der Waals surface area contributed by atoms with Crippen molar-refractivity contribution in [2.24, 2.45) is 0 Å². The summed E-state index contributed by atoms with van der Waals surface area (Å²) in [6.07, 6.45) is 0. The van der Waals surface area contributed by atoms with Crippen LogP contribution in [0.25, 0.3) is 21.5 Å². The van der Waals surface area contributed by atoms with Crippen LogP contribution in [0.3, 0.4) is 0 Å². The van der Waals surface area contributed by atoms with Gasteiger partial charge in [0.2, 0.25) is 0 Å². The first-order chi connectivity index (χ1) is 16.5. The third-order valence-electron chi connectivity index (χ3n) is 6.14. The minimum atomic E-state index is -0.511. The Morgan fingerprint density at radius 1 is 0.706 bits per heavy atom. The van der Waals surface area contributed by atoms with Gasteiger partial charge in [0, 0.05) is 17.0 Å². The summed E-state index contributed by atoms with van der Waals surface area (Å²) in [5.41, 5.74) is 2.47. The molecule has 0 atom stereocenters. The van der Waals surface area contributed by atoms with Crippen LogP contribution in [-0.4, -0.2) is 22.8 Å². The minimum absolute atomic E-state index is 0.123. The van der Waals surface area contributed by atoms with E-state index in [1.165, 1.54) is 0 Å². The van der Waals surface area contributed by atoms with Crippen molar-refractivity contribution in [1.29, 1.82) is 0 Å². The van der Waals surface area contributed by atoms with Crippen molar-refractivity contribution in [3.05, 3.63) is 119 Å².